The molecule has 4 aromatic heterocycles. The maximum atomic E-state index is 13.7. The lowest BCUT2D eigenvalue weighted by Gasteiger charge is -2.35. The lowest BCUT2D eigenvalue weighted by Crippen LogP contribution is -2.51. The minimum Gasteiger partial charge on any atom is -0.504 e. The molecule has 780 valence electrons. The number of ether oxygens (including phenoxy) is 3. The number of nitrogens with two attached hydrogens (primary N) is 1. The average molecular weight is 2220 g/mol. The molecule has 0 unspecified atom stereocenters. The van der Waals surface area contributed by atoms with Crippen molar-refractivity contribution in [3.63, 3.8) is 0 Å². The molecule has 0 saturated carbocycles. The predicted molar refractivity (Wildman–Crippen MR) is 561 cm³/mol. The molecule has 8 heterocycles. The van der Waals surface area contributed by atoms with Gasteiger partial charge in [-0.15, -0.1) is 0 Å². The van der Waals surface area contributed by atoms with Gasteiger partial charge < -0.3 is 57.4 Å². The fourth-order valence-corrected chi connectivity index (χ4v) is 27.4. The number of aromatic hydroxyl groups is 1. The quantitative estimate of drug-likeness (QED) is 0.0468. The molecule has 6 aliphatic rings. The number of carbonyl (C=O) groups is 3. The van der Waals surface area contributed by atoms with Crippen molar-refractivity contribution in [1.29, 1.82) is 0 Å². The zero-order chi connectivity index (χ0) is 106. The molecule has 44 heteroatoms. The van der Waals surface area contributed by atoms with Crippen LogP contribution >= 0.6 is 68.7 Å². The number of aromatic nitrogens is 4. The van der Waals surface area contributed by atoms with Crippen molar-refractivity contribution in [2.45, 2.75) is 187 Å². The highest BCUT2D eigenvalue weighted by molar-refractivity contribution is 8.14. The topological polar surface area (TPSA) is 423 Å². The van der Waals surface area contributed by atoms with Crippen LogP contribution < -0.4 is 5.73 Å². The first-order valence-electron chi connectivity index (χ1n) is 47.1. The lowest BCUT2D eigenvalue weighted by atomic mass is 9.97. The number of hydrogen-bond acceptors (Lipinski definition) is 26. The molecule has 0 atom stereocenters. The summed E-state index contributed by atoms with van der Waals surface area (Å²) >= 11 is 30.9. The lowest BCUT2D eigenvalue weighted by molar-refractivity contribution is 0.0192. The van der Waals surface area contributed by atoms with E-state index in [-0.39, 0.29) is 193 Å². The number of benzene rings is 9. The van der Waals surface area contributed by atoms with Crippen molar-refractivity contribution in [1.82, 2.24) is 51.9 Å². The largest absolute Gasteiger partial charge is 0.504 e. The van der Waals surface area contributed by atoms with Crippen molar-refractivity contribution in [3.05, 3.63) is 229 Å². The van der Waals surface area contributed by atoms with Gasteiger partial charge in [-0.3, -0.25) is 0 Å². The molecule has 4 aliphatic heterocycles. The number of anilines is 1. The Morgan fingerprint density at radius 2 is 0.589 bits per heavy atom. The highest BCUT2D eigenvalue weighted by Crippen LogP contribution is 2.49. The highest BCUT2D eigenvalue weighted by atomic mass is 35.7. The van der Waals surface area contributed by atoms with E-state index in [0.717, 1.165) is 63.8 Å². The van der Waals surface area contributed by atoms with Crippen LogP contribution in [0.15, 0.2) is 200 Å². The van der Waals surface area contributed by atoms with Crippen LogP contribution in [0.5, 0.6) is 5.75 Å². The summed E-state index contributed by atoms with van der Waals surface area (Å²) in [7, 11) is -14.3. The molecule has 146 heavy (non-hydrogen) atoms. The summed E-state index contributed by atoms with van der Waals surface area (Å²) < 4.78 is 175. The van der Waals surface area contributed by atoms with Gasteiger partial charge in [-0.2, -0.15) is 17.2 Å². The Balaban J connectivity index is 0.000000140. The summed E-state index contributed by atoms with van der Waals surface area (Å²) in [6.07, 6.45) is 1.40. The molecular formula is C102H114Cl6N12O21S5. The second kappa shape index (κ2) is 42.6. The third kappa shape index (κ3) is 23.3. The summed E-state index contributed by atoms with van der Waals surface area (Å²) in [6, 6.07) is 47.8. The van der Waals surface area contributed by atoms with E-state index < -0.39 is 89.1 Å². The third-order valence-corrected chi connectivity index (χ3v) is 36.4. The predicted octanol–water partition coefficient (Wildman–Crippen LogP) is 21.6. The van der Waals surface area contributed by atoms with Gasteiger partial charge in [0.2, 0.25) is 63.7 Å². The van der Waals surface area contributed by atoms with Gasteiger partial charge in [0.05, 0.1) is 30.8 Å². The molecule has 33 nitrogen and oxygen atoms in total. The fraction of sp³-hybridized carbons (Fsp3) is 0.402. The van der Waals surface area contributed by atoms with Crippen LogP contribution in [-0.4, -0.2) is 228 Å². The van der Waals surface area contributed by atoms with Crippen LogP contribution in [0.2, 0.25) is 25.1 Å². The summed E-state index contributed by atoms with van der Waals surface area (Å²) in [5.74, 6) is 1.14. The first-order chi connectivity index (χ1) is 68.4. The number of sulfonamides is 4. The maximum Gasteiger partial charge on any atom is 0.410 e. The smallest absolute Gasteiger partial charge is 0.410 e. The molecule has 3 N–H and O–H groups in total. The number of carbonyl (C=O) groups excluding carboxylic acids is 3. The Morgan fingerprint density at radius 1 is 0.342 bits per heavy atom. The Bertz CT molecular complexity index is 7710. The number of nitrogens with zero attached hydrogens (tertiary/aromatic N) is 11. The summed E-state index contributed by atoms with van der Waals surface area (Å²) in [5.41, 5.74) is 15.2. The van der Waals surface area contributed by atoms with E-state index in [1.54, 1.807) is 56.0 Å². The first kappa shape index (κ1) is 110. The van der Waals surface area contributed by atoms with Crippen molar-refractivity contribution < 1.29 is 93.5 Å². The molecule has 0 spiro atoms. The summed E-state index contributed by atoms with van der Waals surface area (Å²) in [5, 5.41) is 10.4. The minimum absolute atomic E-state index is 0.0223. The van der Waals surface area contributed by atoms with Crippen LogP contribution in [0.4, 0.5) is 20.1 Å². The number of oxazole rings is 4. The van der Waals surface area contributed by atoms with Gasteiger partial charge in [0.25, 0.3) is 9.05 Å². The van der Waals surface area contributed by atoms with Crippen molar-refractivity contribution in [2.24, 2.45) is 0 Å². The molecule has 4 fully saturated rings. The van der Waals surface area contributed by atoms with Gasteiger partial charge in [-0.25, -0.2) is 76.4 Å². The normalized spacial score (nSPS) is 16.2. The Morgan fingerprint density at radius 3 is 0.870 bits per heavy atom. The molecule has 0 bridgehead atoms. The van der Waals surface area contributed by atoms with E-state index in [1.807, 2.05) is 144 Å². The summed E-state index contributed by atoms with van der Waals surface area (Å²) in [6.45, 7) is 31.8. The molecule has 3 amide bonds. The molecular weight excluding hydrogens is 2100 g/mol. The standard InChI is InChI=1S/C30H30ClN3O5S.C25H24ClN3O5S.C20H28ClN3O5S.C16H21ClN2O3S.C11H11Cl2NO3S/c1-30(2,3)28-32-25-13-12-24(31)27(26(25)39-28)40(36,37)34-16-14-33(15-17-34)29(35)38-18-23-21-10-6-4-8-19(21)20-9-5-7-11-22(20)23;26-21-9-10-22(27)23(30)24(21)35(32,33)29-13-11-28(12-14-29)25(31)34-15-20-18-7-3-1-5-16(18)17-6-2-4-8-19(17)20;1-19(2,3)17-22-14-8-7-13(21)16(15(14)28-17)30(26,27)24-11-9-23(10-12-24)18(25)29-20(4,5)6;1-16(2,3)15-18-12-8-7-11(17)14(13(12)22-15)23(20,21)19-9-5-4-6-10-19;1-11(2,3)10-14-7-5-4-6(12)9(8(7)17-10)18(13,15)16/h4-13,23H,14-18H2,1-3H3;1-10,20,30H,11-15,27H2;7-8H,9-12H2,1-6H3;7-8H,4-6,9-10H2,1-3H3;4-5H,1-3H3. The maximum absolute atomic E-state index is 13.7. The number of amides is 3. The van der Waals surface area contributed by atoms with E-state index >= 15 is 0 Å². The van der Waals surface area contributed by atoms with E-state index in [4.69, 9.17) is 106 Å². The molecule has 9 aromatic carbocycles. The number of phenolic OH excluding ortho intramolecular Hbond substituents is 1. The second-order valence-corrected chi connectivity index (χ2v) is 53.0. The molecule has 19 rings (SSSR count). The second-order valence-electron chi connectivity index (χ2n) is 41.0. The first-order valence-corrected chi connectivity index (χ1v) is 57.1. The average Bonchev–Trinajstić information content (AvgIpc) is 1.50. The van der Waals surface area contributed by atoms with Crippen molar-refractivity contribution in [2.75, 3.05) is 111 Å². The zero-order valence-corrected chi connectivity index (χ0v) is 91.6. The van der Waals surface area contributed by atoms with Crippen LogP contribution in [0.3, 0.4) is 0 Å². The number of phenols is 1. The Hall–Kier alpha value is -10.4. The van der Waals surface area contributed by atoms with Crippen molar-refractivity contribution in [3.8, 4) is 28.0 Å². The van der Waals surface area contributed by atoms with E-state index in [0.29, 0.717) is 58.7 Å². The van der Waals surface area contributed by atoms with E-state index in [1.165, 1.54) is 57.4 Å². The SMILES string of the molecule is CC(C)(C)OC(=O)N1CCN(S(=O)(=O)c2c(Cl)ccc3nc(C(C)(C)C)oc23)CC1.CC(C)(C)c1nc2ccc(Cl)c(S(=O)(=O)Cl)c2o1.CC(C)(C)c1nc2ccc(Cl)c(S(=O)(=O)N3CCCCC3)c2o1.CC(C)(C)c1nc2ccc(Cl)c(S(=O)(=O)N3CCN(C(=O)OCC4c5ccccc5-c5ccccc54)CC3)c2o1.Nc1ccc(Cl)c(S(=O)(=O)N2CCN(C(=O)OCC3c4ccccc4-c4ccccc43)CC2)c1O. The van der Waals surface area contributed by atoms with Gasteiger partial charge in [0, 0.05) is 136 Å². The molecule has 2 aliphatic carbocycles. The Labute approximate surface area is 878 Å². The number of hydrogen-bond donors (Lipinski definition) is 2. The third-order valence-electron chi connectivity index (χ3n) is 25.0. The fourth-order valence-electron chi connectivity index (χ4n) is 17.5. The van der Waals surface area contributed by atoms with Gasteiger partial charge in [0.15, 0.2) is 28.1 Å². The number of piperidine rings is 1. The highest BCUT2D eigenvalue weighted by Gasteiger charge is 2.43. The van der Waals surface area contributed by atoms with Gasteiger partial charge in [0.1, 0.15) is 65.4 Å². The molecule has 4 saturated heterocycles. The molecule has 13 aromatic rings. The van der Waals surface area contributed by atoms with Crippen LogP contribution in [0.25, 0.3) is 66.7 Å². The van der Waals surface area contributed by atoms with Gasteiger partial charge in [-0.1, -0.05) is 245 Å². The molecule has 0 radical (unpaired) electrons. The van der Waals surface area contributed by atoms with Gasteiger partial charge in [-0.05, 0) is 139 Å². The number of piperazine rings is 3. The number of halogens is 6. The Kier molecular flexibility index (Phi) is 32.0. The van der Waals surface area contributed by atoms with E-state index in [2.05, 4.69) is 56.3 Å². The minimum atomic E-state index is -4.09. The number of rotatable bonds is 13. The van der Waals surface area contributed by atoms with Crippen LogP contribution in [-0.2, 0) is 85.0 Å². The summed E-state index contributed by atoms with van der Waals surface area (Å²) in [4.78, 5) is 59.5. The van der Waals surface area contributed by atoms with Crippen LogP contribution in [0.1, 0.15) is 181 Å². The monoisotopic (exact) mass is 2210 g/mol. The van der Waals surface area contributed by atoms with Crippen LogP contribution in [0, 0.1) is 0 Å². The zero-order valence-electron chi connectivity index (χ0n) is 83.0. The van der Waals surface area contributed by atoms with Crippen molar-refractivity contribution >= 4 is 186 Å². The van der Waals surface area contributed by atoms with E-state index in [9.17, 15) is 61.6 Å². The number of fused-ring (bicyclic) bond motifs is 10. The van der Waals surface area contributed by atoms with Gasteiger partial charge >= 0.3 is 18.3 Å². The number of nitrogen functional groups attached to an aromatic ring is 1.